The molecule has 0 N–H and O–H groups in total. The Balaban J connectivity index is 4.57. The predicted octanol–water partition coefficient (Wildman–Crippen LogP) is 3.70. The molecule has 0 saturated carbocycles. The first kappa shape index (κ1) is 12.0. The van der Waals surface area contributed by atoms with E-state index in [1.807, 2.05) is 0 Å². The molecule has 0 aromatic rings. The Morgan fingerprint density at radius 2 is 1.92 bits per heavy atom. The fourth-order valence-corrected chi connectivity index (χ4v) is 0.901. The highest BCUT2D eigenvalue weighted by atomic mass is 16.5. The second-order valence-electron chi connectivity index (χ2n) is 3.38. The van der Waals surface area contributed by atoms with E-state index in [-0.39, 0.29) is 0 Å². The third-order valence-electron chi connectivity index (χ3n) is 2.09. The quantitative estimate of drug-likeness (QED) is 0.463. The molecular formula is C12H20O. The van der Waals surface area contributed by atoms with Gasteiger partial charge in [0.1, 0.15) is 5.76 Å². The molecule has 0 saturated heterocycles. The summed E-state index contributed by atoms with van der Waals surface area (Å²) in [5.74, 6) is 1.22. The molecule has 0 aromatic carbocycles. The number of hydrogen-bond donors (Lipinski definition) is 0. The summed E-state index contributed by atoms with van der Waals surface area (Å²) in [6.07, 6.45) is 2.99. The number of ether oxygens (including phenoxy) is 1. The average molecular weight is 180 g/mol. The van der Waals surface area contributed by atoms with Crippen LogP contribution in [0.3, 0.4) is 0 Å². The van der Waals surface area contributed by atoms with Crippen molar-refractivity contribution in [2.75, 3.05) is 7.11 Å². The van der Waals surface area contributed by atoms with Gasteiger partial charge in [0.2, 0.25) is 0 Å². The summed E-state index contributed by atoms with van der Waals surface area (Å²) in [7, 11) is 1.64. The zero-order valence-corrected chi connectivity index (χ0v) is 9.18. The van der Waals surface area contributed by atoms with Gasteiger partial charge < -0.3 is 4.74 Å². The minimum absolute atomic E-state index is 0.478. The van der Waals surface area contributed by atoms with E-state index in [2.05, 4.69) is 40.0 Å². The van der Waals surface area contributed by atoms with Gasteiger partial charge in [-0.1, -0.05) is 45.6 Å². The molecule has 74 valence electrons. The summed E-state index contributed by atoms with van der Waals surface area (Å²) in [5.41, 5.74) is 2.25. The van der Waals surface area contributed by atoms with Crippen LogP contribution >= 0.6 is 0 Å². The van der Waals surface area contributed by atoms with Gasteiger partial charge in [-0.05, 0) is 17.9 Å². The van der Waals surface area contributed by atoms with Crippen LogP contribution in [0.4, 0.5) is 0 Å². The third kappa shape index (κ3) is 3.97. The van der Waals surface area contributed by atoms with Crippen LogP contribution in [-0.2, 0) is 4.74 Å². The van der Waals surface area contributed by atoms with Crippen molar-refractivity contribution in [2.24, 2.45) is 5.92 Å². The van der Waals surface area contributed by atoms with Gasteiger partial charge in [0.15, 0.2) is 0 Å². The molecule has 0 aliphatic carbocycles. The lowest BCUT2D eigenvalue weighted by atomic mass is 10.0. The molecule has 1 nitrogen and oxygen atoms in total. The Morgan fingerprint density at radius 1 is 1.38 bits per heavy atom. The van der Waals surface area contributed by atoms with Gasteiger partial charge in [0.25, 0.3) is 0 Å². The molecule has 1 heteroatoms. The van der Waals surface area contributed by atoms with E-state index in [9.17, 15) is 0 Å². The predicted molar refractivity (Wildman–Crippen MR) is 58.5 cm³/mol. The zero-order chi connectivity index (χ0) is 10.4. The van der Waals surface area contributed by atoms with Gasteiger partial charge in [0, 0.05) is 0 Å². The lowest BCUT2D eigenvalue weighted by Gasteiger charge is -2.10. The highest BCUT2D eigenvalue weighted by Crippen LogP contribution is 2.18. The van der Waals surface area contributed by atoms with E-state index in [4.69, 9.17) is 4.74 Å². The molecular weight excluding hydrogens is 160 g/mol. The normalized spacial score (nSPS) is 11.6. The molecule has 13 heavy (non-hydrogen) atoms. The van der Waals surface area contributed by atoms with Gasteiger partial charge in [-0.3, -0.25) is 0 Å². The molecule has 0 heterocycles. The largest absolute Gasteiger partial charge is 0.497 e. The SMILES string of the molecule is C=C(OC)/C(=C\C(=C)C(C)C)CC. The molecule has 0 aliphatic rings. The minimum Gasteiger partial charge on any atom is -0.497 e. The van der Waals surface area contributed by atoms with Gasteiger partial charge in [0.05, 0.1) is 7.11 Å². The fourth-order valence-electron chi connectivity index (χ4n) is 0.901. The summed E-state index contributed by atoms with van der Waals surface area (Å²) in [6, 6.07) is 0. The molecule has 0 amide bonds. The van der Waals surface area contributed by atoms with Crippen molar-refractivity contribution in [3.8, 4) is 0 Å². The Bertz CT molecular complexity index is 221. The molecule has 0 spiro atoms. The number of rotatable bonds is 5. The third-order valence-corrected chi connectivity index (χ3v) is 2.09. The molecule has 0 unspecified atom stereocenters. The van der Waals surface area contributed by atoms with Gasteiger partial charge in [-0.25, -0.2) is 0 Å². The summed E-state index contributed by atoms with van der Waals surface area (Å²) in [6.45, 7) is 14.2. The maximum atomic E-state index is 5.08. The first-order valence-electron chi connectivity index (χ1n) is 4.65. The highest BCUT2D eigenvalue weighted by Gasteiger charge is 2.02. The summed E-state index contributed by atoms with van der Waals surface area (Å²) < 4.78 is 5.08. The second kappa shape index (κ2) is 5.63. The molecule has 0 rings (SSSR count). The fraction of sp³-hybridized carbons (Fsp3) is 0.500. The van der Waals surface area contributed by atoms with Crippen molar-refractivity contribution >= 4 is 0 Å². The van der Waals surface area contributed by atoms with E-state index in [1.54, 1.807) is 7.11 Å². The van der Waals surface area contributed by atoms with Crippen molar-refractivity contribution in [2.45, 2.75) is 27.2 Å². The second-order valence-corrected chi connectivity index (χ2v) is 3.38. The van der Waals surface area contributed by atoms with E-state index in [0.29, 0.717) is 5.92 Å². The Kier molecular flexibility index (Phi) is 5.20. The monoisotopic (exact) mass is 180 g/mol. The minimum atomic E-state index is 0.478. The average Bonchev–Trinajstić information content (AvgIpc) is 2.12. The Hall–Kier alpha value is -0.980. The van der Waals surface area contributed by atoms with Crippen molar-refractivity contribution in [1.29, 1.82) is 0 Å². The molecule has 0 bridgehead atoms. The van der Waals surface area contributed by atoms with Crippen LogP contribution in [0.25, 0.3) is 0 Å². The van der Waals surface area contributed by atoms with Crippen molar-refractivity contribution in [3.05, 3.63) is 36.1 Å². The molecule has 0 atom stereocenters. The standard InChI is InChI=1S/C12H20O/c1-7-12(11(5)13-6)8-10(4)9(2)3/h8-9H,4-5,7H2,1-3,6H3/b12-8-. The van der Waals surface area contributed by atoms with E-state index in [0.717, 1.165) is 23.3 Å². The molecule has 0 aliphatic heterocycles. The van der Waals surface area contributed by atoms with Crippen LogP contribution in [0.5, 0.6) is 0 Å². The van der Waals surface area contributed by atoms with Crippen LogP contribution in [0.2, 0.25) is 0 Å². The van der Waals surface area contributed by atoms with Crippen LogP contribution in [0.1, 0.15) is 27.2 Å². The smallest absolute Gasteiger partial charge is 0.114 e. The number of hydrogen-bond acceptors (Lipinski definition) is 1. The zero-order valence-electron chi connectivity index (χ0n) is 9.18. The maximum absolute atomic E-state index is 5.08. The van der Waals surface area contributed by atoms with E-state index >= 15 is 0 Å². The van der Waals surface area contributed by atoms with Crippen molar-refractivity contribution in [1.82, 2.24) is 0 Å². The number of methoxy groups -OCH3 is 1. The van der Waals surface area contributed by atoms with Gasteiger partial charge >= 0.3 is 0 Å². The molecule has 0 fully saturated rings. The number of allylic oxidation sites excluding steroid dienone is 3. The molecule has 0 aromatic heterocycles. The van der Waals surface area contributed by atoms with Crippen molar-refractivity contribution in [3.63, 3.8) is 0 Å². The van der Waals surface area contributed by atoms with Crippen LogP contribution in [0, 0.1) is 5.92 Å². The lowest BCUT2D eigenvalue weighted by molar-refractivity contribution is 0.301. The first-order chi connectivity index (χ1) is 6.02. The van der Waals surface area contributed by atoms with E-state index in [1.165, 1.54) is 0 Å². The van der Waals surface area contributed by atoms with Gasteiger partial charge in [-0.15, -0.1) is 0 Å². The maximum Gasteiger partial charge on any atom is 0.114 e. The van der Waals surface area contributed by atoms with Gasteiger partial charge in [-0.2, -0.15) is 0 Å². The van der Waals surface area contributed by atoms with Crippen LogP contribution in [-0.4, -0.2) is 7.11 Å². The Morgan fingerprint density at radius 3 is 2.23 bits per heavy atom. The van der Waals surface area contributed by atoms with Crippen LogP contribution < -0.4 is 0 Å². The first-order valence-corrected chi connectivity index (χ1v) is 4.65. The van der Waals surface area contributed by atoms with Crippen molar-refractivity contribution < 1.29 is 4.74 Å². The highest BCUT2D eigenvalue weighted by molar-refractivity contribution is 5.31. The summed E-state index contributed by atoms with van der Waals surface area (Å²) >= 11 is 0. The summed E-state index contributed by atoms with van der Waals surface area (Å²) in [4.78, 5) is 0. The van der Waals surface area contributed by atoms with Crippen LogP contribution in [0.15, 0.2) is 36.1 Å². The molecule has 0 radical (unpaired) electrons. The Labute approximate surface area is 81.8 Å². The lowest BCUT2D eigenvalue weighted by Crippen LogP contribution is -1.94. The summed E-state index contributed by atoms with van der Waals surface area (Å²) in [5, 5.41) is 0. The van der Waals surface area contributed by atoms with E-state index < -0.39 is 0 Å². The topological polar surface area (TPSA) is 9.23 Å².